The van der Waals surface area contributed by atoms with Crippen LogP contribution in [-0.4, -0.2) is 48.7 Å². The number of para-hydroxylation sites is 1. The van der Waals surface area contributed by atoms with Gasteiger partial charge in [-0.2, -0.15) is 0 Å². The lowest BCUT2D eigenvalue weighted by Crippen LogP contribution is -2.36. The molecule has 0 atom stereocenters. The number of benzene rings is 3. The molecule has 5 rings (SSSR count). The van der Waals surface area contributed by atoms with E-state index in [1.807, 2.05) is 53.4 Å². The average molecular weight is 440 g/mol. The molecule has 0 unspecified atom stereocenters. The van der Waals surface area contributed by atoms with Gasteiger partial charge in [-0.25, -0.2) is 0 Å². The largest absolute Gasteiger partial charge is 0.497 e. The molecule has 33 heavy (non-hydrogen) atoms. The van der Waals surface area contributed by atoms with Gasteiger partial charge >= 0.3 is 0 Å². The molecule has 5 nitrogen and oxygen atoms in total. The number of rotatable bonds is 5. The predicted octanol–water partition coefficient (Wildman–Crippen LogP) is 5.05. The molecule has 4 aromatic rings. The maximum Gasteiger partial charge on any atom is 0.270 e. The molecular weight excluding hydrogens is 410 g/mol. The van der Waals surface area contributed by atoms with Crippen molar-refractivity contribution in [2.24, 2.45) is 0 Å². The Morgan fingerprint density at radius 1 is 0.848 bits per heavy atom. The third-order valence-electron chi connectivity index (χ3n) is 6.43. The molecule has 0 radical (unpaired) electrons. The molecule has 1 aromatic heterocycles. The molecule has 1 aliphatic rings. The van der Waals surface area contributed by atoms with Crippen LogP contribution in [0.2, 0.25) is 0 Å². The Hall–Kier alpha value is -3.73. The summed E-state index contributed by atoms with van der Waals surface area (Å²) in [6, 6.07) is 28.8. The summed E-state index contributed by atoms with van der Waals surface area (Å²) in [5.74, 6) is 0.968. The minimum Gasteiger partial charge on any atom is -0.497 e. The van der Waals surface area contributed by atoms with Gasteiger partial charge in [0.1, 0.15) is 11.4 Å². The van der Waals surface area contributed by atoms with Gasteiger partial charge in [0, 0.05) is 49.3 Å². The van der Waals surface area contributed by atoms with E-state index in [1.54, 1.807) is 7.11 Å². The number of methoxy groups -OCH3 is 1. The van der Waals surface area contributed by atoms with Crippen molar-refractivity contribution in [3.05, 3.63) is 96.2 Å². The molecule has 3 aromatic carbocycles. The normalized spacial score (nSPS) is 14.3. The van der Waals surface area contributed by atoms with Gasteiger partial charge in [0.05, 0.1) is 7.11 Å². The lowest BCUT2D eigenvalue weighted by atomic mass is 10.2. The number of nitrogens with zero attached hydrogens (tertiary/aromatic N) is 3. The quantitative estimate of drug-likeness (QED) is 0.437. The number of carbonyl (C=O) groups excluding carboxylic acids is 1. The Bertz CT molecular complexity index is 1230. The summed E-state index contributed by atoms with van der Waals surface area (Å²) in [7, 11) is 1.68. The predicted molar refractivity (Wildman–Crippen MR) is 133 cm³/mol. The van der Waals surface area contributed by atoms with Crippen LogP contribution < -0.4 is 9.64 Å². The van der Waals surface area contributed by atoms with E-state index < -0.39 is 0 Å². The highest BCUT2D eigenvalue weighted by Crippen LogP contribution is 2.24. The Morgan fingerprint density at radius 3 is 2.39 bits per heavy atom. The van der Waals surface area contributed by atoms with Gasteiger partial charge in [0.2, 0.25) is 0 Å². The molecule has 0 aliphatic carbocycles. The number of anilines is 1. The Balaban J connectivity index is 1.38. The second-order valence-electron chi connectivity index (χ2n) is 8.49. The molecule has 0 saturated carbocycles. The van der Waals surface area contributed by atoms with E-state index in [1.165, 1.54) is 11.3 Å². The molecule has 1 aliphatic heterocycles. The van der Waals surface area contributed by atoms with Crippen molar-refractivity contribution in [1.29, 1.82) is 0 Å². The van der Waals surface area contributed by atoms with Crippen molar-refractivity contribution < 1.29 is 9.53 Å². The van der Waals surface area contributed by atoms with Gasteiger partial charge in [-0.1, -0.05) is 48.5 Å². The number of aromatic nitrogens is 1. The molecule has 168 valence electrons. The van der Waals surface area contributed by atoms with Crippen molar-refractivity contribution in [3.8, 4) is 5.75 Å². The van der Waals surface area contributed by atoms with Crippen LogP contribution in [0.25, 0.3) is 10.9 Å². The maximum absolute atomic E-state index is 13.7. The minimum atomic E-state index is 0.110. The zero-order chi connectivity index (χ0) is 22.6. The topological polar surface area (TPSA) is 37.7 Å². The summed E-state index contributed by atoms with van der Waals surface area (Å²) in [6.45, 7) is 3.90. The highest BCUT2D eigenvalue weighted by atomic mass is 16.5. The number of hydrogen-bond acceptors (Lipinski definition) is 3. The fourth-order valence-electron chi connectivity index (χ4n) is 4.66. The summed E-state index contributed by atoms with van der Waals surface area (Å²) in [4.78, 5) is 18.1. The van der Waals surface area contributed by atoms with E-state index in [-0.39, 0.29) is 5.91 Å². The second kappa shape index (κ2) is 9.41. The lowest BCUT2D eigenvalue weighted by molar-refractivity contribution is 0.0757. The zero-order valence-electron chi connectivity index (χ0n) is 19.0. The van der Waals surface area contributed by atoms with Gasteiger partial charge in [-0.15, -0.1) is 0 Å². The van der Waals surface area contributed by atoms with Gasteiger partial charge in [-0.05, 0) is 48.4 Å². The summed E-state index contributed by atoms with van der Waals surface area (Å²) >= 11 is 0. The summed E-state index contributed by atoms with van der Waals surface area (Å²) in [6.07, 6.45) is 0.941. The molecule has 5 heteroatoms. The van der Waals surface area contributed by atoms with Crippen molar-refractivity contribution in [3.63, 3.8) is 0 Å². The van der Waals surface area contributed by atoms with Crippen LogP contribution in [0.5, 0.6) is 5.75 Å². The third-order valence-corrected chi connectivity index (χ3v) is 6.43. The molecule has 1 amide bonds. The lowest BCUT2D eigenvalue weighted by Gasteiger charge is -2.24. The van der Waals surface area contributed by atoms with E-state index >= 15 is 0 Å². The van der Waals surface area contributed by atoms with E-state index in [0.717, 1.165) is 48.4 Å². The van der Waals surface area contributed by atoms with Crippen LogP contribution in [0.4, 0.5) is 5.69 Å². The molecule has 2 heterocycles. The van der Waals surface area contributed by atoms with Gasteiger partial charge in [0.15, 0.2) is 0 Å². The van der Waals surface area contributed by atoms with Crippen molar-refractivity contribution >= 4 is 22.5 Å². The maximum atomic E-state index is 13.7. The van der Waals surface area contributed by atoms with Crippen LogP contribution in [0.3, 0.4) is 0 Å². The standard InChI is InChI=1S/C28H29N3O2/c1-33-25-14-12-24(13-15-25)29-16-7-17-30(19-18-29)28(32)27-20-23-10-5-6-11-26(23)31(27)21-22-8-3-2-4-9-22/h2-6,8-15,20H,7,16-19,21H2,1H3. The van der Waals surface area contributed by atoms with Crippen molar-refractivity contribution in [1.82, 2.24) is 9.47 Å². The molecule has 1 saturated heterocycles. The number of carbonyl (C=O) groups is 1. The monoisotopic (exact) mass is 439 g/mol. The Kier molecular flexibility index (Phi) is 6.03. The first-order valence-electron chi connectivity index (χ1n) is 11.5. The molecule has 1 fully saturated rings. The third kappa shape index (κ3) is 4.44. The molecule has 0 bridgehead atoms. The number of hydrogen-bond donors (Lipinski definition) is 0. The average Bonchev–Trinajstić information content (AvgIpc) is 3.05. The highest BCUT2D eigenvalue weighted by molar-refractivity contribution is 5.99. The molecule has 0 spiro atoms. The first-order chi connectivity index (χ1) is 16.2. The first-order valence-corrected chi connectivity index (χ1v) is 11.5. The van der Waals surface area contributed by atoms with E-state index in [9.17, 15) is 4.79 Å². The summed E-state index contributed by atoms with van der Waals surface area (Å²) in [5, 5.41) is 1.10. The van der Waals surface area contributed by atoms with Crippen molar-refractivity contribution in [2.45, 2.75) is 13.0 Å². The summed E-state index contributed by atoms with van der Waals surface area (Å²) < 4.78 is 7.45. The fraction of sp³-hybridized carbons (Fsp3) is 0.250. The first kappa shape index (κ1) is 21.1. The van der Waals surface area contributed by atoms with Gasteiger partial charge in [-0.3, -0.25) is 4.79 Å². The van der Waals surface area contributed by atoms with Gasteiger partial charge < -0.3 is 19.1 Å². The number of fused-ring (bicyclic) bond motifs is 1. The Labute approximate surface area is 194 Å². The zero-order valence-corrected chi connectivity index (χ0v) is 19.0. The smallest absolute Gasteiger partial charge is 0.270 e. The van der Waals surface area contributed by atoms with Crippen LogP contribution >= 0.6 is 0 Å². The van der Waals surface area contributed by atoms with Crippen LogP contribution in [0.15, 0.2) is 84.9 Å². The number of amides is 1. The van der Waals surface area contributed by atoms with E-state index in [4.69, 9.17) is 4.74 Å². The molecular formula is C28H29N3O2. The van der Waals surface area contributed by atoms with E-state index in [2.05, 4.69) is 45.9 Å². The van der Waals surface area contributed by atoms with E-state index in [0.29, 0.717) is 13.1 Å². The highest BCUT2D eigenvalue weighted by Gasteiger charge is 2.24. The van der Waals surface area contributed by atoms with Gasteiger partial charge in [0.25, 0.3) is 5.91 Å². The molecule has 0 N–H and O–H groups in total. The second-order valence-corrected chi connectivity index (χ2v) is 8.49. The van der Waals surface area contributed by atoms with Crippen molar-refractivity contribution in [2.75, 3.05) is 38.2 Å². The Morgan fingerprint density at radius 2 is 1.61 bits per heavy atom. The summed E-state index contributed by atoms with van der Waals surface area (Å²) in [5.41, 5.74) is 4.22. The SMILES string of the molecule is COc1ccc(N2CCCN(C(=O)c3cc4ccccc4n3Cc3ccccc3)CC2)cc1. The number of ether oxygens (including phenoxy) is 1. The minimum absolute atomic E-state index is 0.110. The fourth-order valence-corrected chi connectivity index (χ4v) is 4.66. The van der Waals surface area contributed by atoms with Crippen LogP contribution in [0.1, 0.15) is 22.5 Å². The van der Waals surface area contributed by atoms with Crippen LogP contribution in [0, 0.1) is 0 Å². The van der Waals surface area contributed by atoms with Crippen LogP contribution in [-0.2, 0) is 6.54 Å².